The quantitative estimate of drug-likeness (QED) is 0.0280. The predicted octanol–water partition coefficient (Wildman–Crippen LogP) is -0.0834. The lowest BCUT2D eigenvalue weighted by Crippen LogP contribution is -2.69. The molecule has 6 heterocycles. The predicted molar refractivity (Wildman–Crippen MR) is 421 cm³/mol. The SMILES string of the molecule is CCCCCCCCCCCCC/C=C/[C@@H](O)[C@H](CO[C@@H]1OC(CO)[C@@H](O[C@@H]2OC(CO[C@@H]3OC(CO)[C@@H](O[C@@H]4OC(CO)[C@H](O[C@@H]5OC(CO)[C@H](O)[C@H](O)C5NC(C)=O)[C@H](O)C4O)[C@H](O)C3NC(C)=O)[C@H](O)[C@H](O[C@H]3OC(CO)[C@H](O)[C@H](O)C3O)C2O)[C@H](O)C1O)NC(=O)CCCCCCCCCCCCCCCCCCCCCCC. The summed E-state index contributed by atoms with van der Waals surface area (Å²) < 4.78 is 71.1. The molecule has 36 heteroatoms. The molecular weight excluding hydrogens is 1550 g/mol. The van der Waals surface area contributed by atoms with E-state index in [1.807, 2.05) is 6.08 Å². The molecule has 21 N–H and O–H groups in total. The monoisotopic (exact) mass is 1700 g/mol. The first-order valence-electron chi connectivity index (χ1n) is 44.0. The molecule has 0 aromatic rings. The van der Waals surface area contributed by atoms with Crippen molar-refractivity contribution in [1.29, 1.82) is 0 Å². The van der Waals surface area contributed by atoms with Gasteiger partial charge in [0.15, 0.2) is 37.7 Å². The molecule has 0 aromatic heterocycles. The Bertz CT molecular complexity index is 2710. The molecular formula is C82H149N3O33. The summed E-state index contributed by atoms with van der Waals surface area (Å²) in [7, 11) is 0. The Kier molecular flexibility index (Phi) is 50.0. The Morgan fingerprint density at radius 3 is 1.13 bits per heavy atom. The maximum absolute atomic E-state index is 13.7. The molecule has 6 aliphatic heterocycles. The van der Waals surface area contributed by atoms with Crippen LogP contribution in [0.15, 0.2) is 12.2 Å². The molecule has 0 aromatic carbocycles. The first-order chi connectivity index (χ1) is 56.8. The maximum Gasteiger partial charge on any atom is 0.220 e. The number of rotatable bonds is 58. The highest BCUT2D eigenvalue weighted by Gasteiger charge is 2.58. The van der Waals surface area contributed by atoms with Crippen LogP contribution in [0.3, 0.4) is 0 Å². The number of amides is 3. The Morgan fingerprint density at radius 2 is 0.678 bits per heavy atom. The summed E-state index contributed by atoms with van der Waals surface area (Å²) in [6.45, 7) is 0.343. The maximum atomic E-state index is 13.7. The minimum absolute atomic E-state index is 0.158. The van der Waals surface area contributed by atoms with E-state index in [0.717, 1.165) is 65.2 Å². The lowest BCUT2D eigenvalue weighted by atomic mass is 9.94. The Labute approximate surface area is 694 Å². The molecule has 0 bridgehead atoms. The van der Waals surface area contributed by atoms with E-state index in [1.54, 1.807) is 6.08 Å². The van der Waals surface area contributed by atoms with E-state index in [2.05, 4.69) is 29.8 Å². The van der Waals surface area contributed by atoms with Crippen molar-refractivity contribution in [2.45, 2.75) is 442 Å². The van der Waals surface area contributed by atoms with Crippen LogP contribution in [0, 0.1) is 0 Å². The van der Waals surface area contributed by atoms with E-state index in [9.17, 15) is 106 Å². The van der Waals surface area contributed by atoms with E-state index >= 15 is 0 Å². The second-order valence-electron chi connectivity index (χ2n) is 32.8. The van der Waals surface area contributed by atoms with Crippen LogP contribution in [-0.4, -0.2) is 352 Å². The highest BCUT2D eigenvalue weighted by atomic mass is 16.8. The fourth-order valence-electron chi connectivity index (χ4n) is 16.1. The molecule has 690 valence electrons. The molecule has 0 saturated carbocycles. The average molecular weight is 1710 g/mol. The minimum atomic E-state index is -2.25. The number of unbranched alkanes of at least 4 members (excludes halogenated alkanes) is 31. The van der Waals surface area contributed by atoms with Crippen LogP contribution in [0.4, 0.5) is 0 Å². The summed E-state index contributed by atoms with van der Waals surface area (Å²) in [5, 5.41) is 208. The molecule has 0 radical (unpaired) electrons. The molecule has 32 atom stereocenters. The topological polar surface area (TPSA) is 562 Å². The Balaban J connectivity index is 1.10. The van der Waals surface area contributed by atoms with Gasteiger partial charge >= 0.3 is 0 Å². The number of allylic oxidation sites excluding steroid dienone is 1. The molecule has 12 unspecified atom stereocenters. The van der Waals surface area contributed by atoms with Gasteiger partial charge in [0.2, 0.25) is 17.7 Å². The number of aliphatic hydroxyl groups is 18. The Hall–Kier alpha value is -3.05. The molecule has 0 aliphatic carbocycles. The largest absolute Gasteiger partial charge is 0.394 e. The van der Waals surface area contributed by atoms with Gasteiger partial charge in [-0.2, -0.15) is 0 Å². The number of aliphatic hydroxyl groups excluding tert-OH is 18. The van der Waals surface area contributed by atoms with Gasteiger partial charge in [0, 0.05) is 20.3 Å². The van der Waals surface area contributed by atoms with Gasteiger partial charge < -0.3 is 165 Å². The van der Waals surface area contributed by atoms with Crippen LogP contribution in [0.1, 0.15) is 246 Å². The van der Waals surface area contributed by atoms with Crippen molar-refractivity contribution in [1.82, 2.24) is 16.0 Å². The lowest BCUT2D eigenvalue weighted by Gasteiger charge is -2.49. The van der Waals surface area contributed by atoms with Crippen molar-refractivity contribution in [2.24, 2.45) is 0 Å². The van der Waals surface area contributed by atoms with Crippen molar-refractivity contribution in [2.75, 3.05) is 46.2 Å². The summed E-state index contributed by atoms with van der Waals surface area (Å²) in [6.07, 6.45) is -12.4. The van der Waals surface area contributed by atoms with Crippen LogP contribution < -0.4 is 16.0 Å². The Morgan fingerprint density at radius 1 is 0.339 bits per heavy atom. The van der Waals surface area contributed by atoms with Crippen molar-refractivity contribution < 1.29 is 163 Å². The van der Waals surface area contributed by atoms with Crippen LogP contribution in [0.25, 0.3) is 0 Å². The van der Waals surface area contributed by atoms with Crippen molar-refractivity contribution in [3.63, 3.8) is 0 Å². The van der Waals surface area contributed by atoms with Gasteiger partial charge in [0.1, 0.15) is 146 Å². The normalized spacial score (nSPS) is 35.9. The third-order valence-electron chi connectivity index (χ3n) is 23.2. The minimum Gasteiger partial charge on any atom is -0.394 e. The number of hydrogen-bond donors (Lipinski definition) is 21. The molecule has 6 fully saturated rings. The summed E-state index contributed by atoms with van der Waals surface area (Å²) in [6, 6.07) is -4.39. The van der Waals surface area contributed by atoms with Crippen LogP contribution >= 0.6 is 0 Å². The van der Waals surface area contributed by atoms with Gasteiger partial charge in [-0.1, -0.05) is 219 Å². The fourth-order valence-corrected chi connectivity index (χ4v) is 16.1. The first kappa shape index (κ1) is 104. The number of carbonyl (C=O) groups excluding carboxylic acids is 3. The summed E-state index contributed by atoms with van der Waals surface area (Å²) in [5.74, 6) is -1.92. The number of hydrogen-bond acceptors (Lipinski definition) is 33. The summed E-state index contributed by atoms with van der Waals surface area (Å²) in [4.78, 5) is 38.7. The summed E-state index contributed by atoms with van der Waals surface area (Å²) >= 11 is 0. The van der Waals surface area contributed by atoms with E-state index in [4.69, 9.17) is 56.8 Å². The van der Waals surface area contributed by atoms with Gasteiger partial charge in [-0.3, -0.25) is 14.4 Å². The zero-order valence-electron chi connectivity index (χ0n) is 69.8. The molecule has 0 spiro atoms. The van der Waals surface area contributed by atoms with Crippen LogP contribution in [-0.2, 0) is 71.2 Å². The fraction of sp³-hybridized carbons (Fsp3) is 0.939. The zero-order valence-corrected chi connectivity index (χ0v) is 69.8. The van der Waals surface area contributed by atoms with Crippen molar-refractivity contribution in [3.05, 3.63) is 12.2 Å². The number of carbonyl (C=O) groups is 3. The number of nitrogens with one attached hydrogen (secondary N) is 3. The van der Waals surface area contributed by atoms with Gasteiger partial charge in [-0.05, 0) is 19.3 Å². The van der Waals surface area contributed by atoms with Crippen LogP contribution in [0.5, 0.6) is 0 Å². The highest BCUT2D eigenvalue weighted by molar-refractivity contribution is 5.76. The van der Waals surface area contributed by atoms with Gasteiger partial charge in [0.25, 0.3) is 0 Å². The molecule has 36 nitrogen and oxygen atoms in total. The highest BCUT2D eigenvalue weighted by Crippen LogP contribution is 2.37. The second-order valence-corrected chi connectivity index (χ2v) is 32.8. The smallest absolute Gasteiger partial charge is 0.220 e. The van der Waals surface area contributed by atoms with E-state index in [1.165, 1.54) is 148 Å². The molecule has 6 saturated heterocycles. The zero-order chi connectivity index (χ0) is 86.2. The van der Waals surface area contributed by atoms with Crippen molar-refractivity contribution in [3.8, 4) is 0 Å². The standard InChI is InChI=1S/C82H149N3O33/c1-5-7-9-11-13-15-17-19-20-21-22-23-24-25-26-28-30-32-34-36-38-40-58(94)85-50(51(93)39-37-35-33-31-29-27-18-16-14-12-10-8-6-2)46-107-79-70(104)67(101)75(55(44-89)112-79)117-82-72(106)76(118-80-69(103)66(100)62(96)53(42-87)110-80)63(97)57(114-82)47-108-77-60(84-49(4)92)65(99)73(54(43-88)111-77)116-81-71(105)68(102)74(56(45-90)113-81)115-78-59(83-48(3)91)64(98)61(95)52(41-86)109-78/h37,39,50-57,59-82,86-90,93,95-106H,5-36,38,40-47H2,1-4H3,(H,83,91)(H,84,92)(H,85,94)/b39-37+/t50-,51+,52?,53?,54?,55?,56?,57?,59?,60?,61-,62-,63-,64+,65+,66-,67+,68+,69?,70?,71?,72?,73+,74-,75+,76-,77+,78-,79+,80+,81-,82-/m0/s1. The molecule has 118 heavy (non-hydrogen) atoms. The molecule has 6 rings (SSSR count). The van der Waals surface area contributed by atoms with Crippen LogP contribution in [0.2, 0.25) is 0 Å². The van der Waals surface area contributed by atoms with E-state index in [0.29, 0.717) is 12.8 Å². The van der Waals surface area contributed by atoms with Gasteiger partial charge in [-0.15, -0.1) is 0 Å². The van der Waals surface area contributed by atoms with E-state index < -0.39 is 254 Å². The lowest BCUT2D eigenvalue weighted by molar-refractivity contribution is -0.385. The average Bonchev–Trinajstić information content (AvgIpc) is 0.776. The van der Waals surface area contributed by atoms with Crippen molar-refractivity contribution >= 4 is 17.7 Å². The first-order valence-corrected chi connectivity index (χ1v) is 44.0. The second kappa shape index (κ2) is 56.8. The van der Waals surface area contributed by atoms with Gasteiger partial charge in [0.05, 0.1) is 58.4 Å². The third-order valence-corrected chi connectivity index (χ3v) is 23.2. The number of ether oxygens (including phenoxy) is 12. The third kappa shape index (κ3) is 33.1. The molecule has 3 amide bonds. The molecule has 6 aliphatic rings. The van der Waals surface area contributed by atoms with Gasteiger partial charge in [-0.25, -0.2) is 0 Å². The summed E-state index contributed by atoms with van der Waals surface area (Å²) in [5.41, 5.74) is 0. The van der Waals surface area contributed by atoms with E-state index in [-0.39, 0.29) is 12.3 Å².